The summed E-state index contributed by atoms with van der Waals surface area (Å²) in [4.78, 5) is 34.4. The van der Waals surface area contributed by atoms with Crippen molar-refractivity contribution in [2.24, 2.45) is 5.41 Å². The first-order valence-electron chi connectivity index (χ1n) is 17.7. The third kappa shape index (κ3) is 7.50. The van der Waals surface area contributed by atoms with Gasteiger partial charge < -0.3 is 19.4 Å². The Balaban J connectivity index is 1.12. The van der Waals surface area contributed by atoms with Crippen molar-refractivity contribution in [3.63, 3.8) is 0 Å². The minimum Gasteiger partial charge on any atom is -0.461 e. The van der Waals surface area contributed by atoms with E-state index in [1.807, 2.05) is 41.7 Å². The van der Waals surface area contributed by atoms with Crippen LogP contribution in [0.15, 0.2) is 146 Å². The largest absolute Gasteiger partial charge is 0.461 e. The maximum absolute atomic E-state index is 13.0. The molecule has 0 saturated carbocycles. The van der Waals surface area contributed by atoms with E-state index < -0.39 is 17.5 Å². The number of aromatic nitrogens is 2. The average Bonchev–Trinajstić information content (AvgIpc) is 3.77. The summed E-state index contributed by atoms with van der Waals surface area (Å²) in [6.07, 6.45) is 1.30. The van der Waals surface area contributed by atoms with Gasteiger partial charge in [0, 0.05) is 65.2 Å². The third-order valence-corrected chi connectivity index (χ3v) is 14.8. The molecule has 11 heteroatoms. The summed E-state index contributed by atoms with van der Waals surface area (Å²) in [5, 5.41) is 5.09. The molecule has 54 heavy (non-hydrogen) atoms. The maximum Gasteiger partial charge on any atom is 0.407 e. The summed E-state index contributed by atoms with van der Waals surface area (Å²) in [6.45, 7) is 6.56. The van der Waals surface area contributed by atoms with Crippen LogP contribution in [0.5, 0.6) is 0 Å². The molecule has 1 atom stereocenters. The summed E-state index contributed by atoms with van der Waals surface area (Å²) in [6, 6.07) is 38.8. The fourth-order valence-electron chi connectivity index (χ4n) is 6.71. The van der Waals surface area contributed by atoms with Gasteiger partial charge in [-0.2, -0.15) is 0 Å². The van der Waals surface area contributed by atoms with Crippen LogP contribution in [-0.4, -0.2) is 47.1 Å². The average molecular weight is 788 g/mol. The van der Waals surface area contributed by atoms with E-state index in [9.17, 15) is 9.59 Å². The van der Waals surface area contributed by atoms with Crippen LogP contribution < -0.4 is 5.32 Å². The number of alkyl carbamates (subject to hydrolysis) is 1. The van der Waals surface area contributed by atoms with Crippen molar-refractivity contribution in [1.29, 1.82) is 0 Å². The number of fused-ring (bicyclic) bond motifs is 6. The fraction of sp³-hybridized carbons (Fsp3) is 0.186. The molecule has 0 aliphatic carbocycles. The van der Waals surface area contributed by atoms with Crippen molar-refractivity contribution in [3.05, 3.63) is 122 Å². The summed E-state index contributed by atoms with van der Waals surface area (Å²) in [5.74, 6) is 0.152. The smallest absolute Gasteiger partial charge is 0.407 e. The van der Waals surface area contributed by atoms with Gasteiger partial charge in [0.15, 0.2) is 4.34 Å². The van der Waals surface area contributed by atoms with Crippen LogP contribution in [0.2, 0.25) is 0 Å². The van der Waals surface area contributed by atoms with Gasteiger partial charge in [-0.15, -0.1) is 11.3 Å². The van der Waals surface area contributed by atoms with Crippen LogP contribution in [0.4, 0.5) is 4.79 Å². The van der Waals surface area contributed by atoms with Crippen LogP contribution in [0, 0.1) is 5.41 Å². The number of amides is 1. The van der Waals surface area contributed by atoms with Gasteiger partial charge >= 0.3 is 12.1 Å². The molecule has 7 aromatic rings. The van der Waals surface area contributed by atoms with E-state index in [1.54, 1.807) is 23.1 Å². The molecule has 0 spiro atoms. The molecule has 0 radical (unpaired) electrons. The van der Waals surface area contributed by atoms with Crippen molar-refractivity contribution in [2.45, 2.75) is 43.8 Å². The number of rotatable bonds is 13. The first-order chi connectivity index (χ1) is 26.4. The molecule has 1 aliphatic heterocycles. The number of hydrogen-bond donors (Lipinski definition) is 1. The number of benzene rings is 5. The SMILES string of the molecule is C=CC(=O)OCCNC(=O)OCC(CC)(CSc1nc2ccccc2s1)Cn1c2ccccc2c2cc(-c3cccc4c3Sc3ccccc3S4)ccc21. The van der Waals surface area contributed by atoms with E-state index in [2.05, 4.69) is 114 Å². The normalized spacial score (nSPS) is 13.3. The van der Waals surface area contributed by atoms with E-state index in [4.69, 9.17) is 14.5 Å². The molecule has 1 unspecified atom stereocenters. The van der Waals surface area contributed by atoms with Gasteiger partial charge in [0.25, 0.3) is 0 Å². The van der Waals surface area contributed by atoms with E-state index in [0.717, 1.165) is 38.1 Å². The molecule has 3 heterocycles. The maximum atomic E-state index is 13.0. The molecule has 2 aromatic heterocycles. The molecule has 272 valence electrons. The number of ether oxygens (including phenoxy) is 2. The van der Waals surface area contributed by atoms with Crippen molar-refractivity contribution < 1.29 is 19.1 Å². The zero-order chi connectivity index (χ0) is 37.1. The lowest BCUT2D eigenvalue weighted by Gasteiger charge is -2.33. The highest BCUT2D eigenvalue weighted by atomic mass is 32.2. The Kier molecular flexibility index (Phi) is 10.7. The predicted octanol–water partition coefficient (Wildman–Crippen LogP) is 11.3. The number of esters is 1. The van der Waals surface area contributed by atoms with Gasteiger partial charge in [-0.25, -0.2) is 14.6 Å². The van der Waals surface area contributed by atoms with Crippen molar-refractivity contribution in [2.75, 3.05) is 25.5 Å². The van der Waals surface area contributed by atoms with Gasteiger partial charge in [0.2, 0.25) is 0 Å². The van der Waals surface area contributed by atoms with E-state index in [0.29, 0.717) is 12.3 Å². The number of thiazole rings is 1. The molecule has 1 aliphatic rings. The lowest BCUT2D eigenvalue weighted by atomic mass is 9.88. The molecule has 0 bridgehead atoms. The molecule has 0 saturated heterocycles. The summed E-state index contributed by atoms with van der Waals surface area (Å²) in [5.41, 5.74) is 5.22. The van der Waals surface area contributed by atoms with Gasteiger partial charge in [0.1, 0.15) is 13.2 Å². The Bertz CT molecular complexity index is 2490. The van der Waals surface area contributed by atoms with Crippen LogP contribution >= 0.6 is 46.6 Å². The van der Waals surface area contributed by atoms with E-state index in [1.165, 1.54) is 41.5 Å². The molecule has 5 aromatic carbocycles. The Morgan fingerprint density at radius 1 is 0.870 bits per heavy atom. The molecule has 1 N–H and O–H groups in total. The fourth-order valence-corrected chi connectivity index (χ4v) is 11.5. The monoisotopic (exact) mass is 787 g/mol. The minimum absolute atomic E-state index is 0.0340. The van der Waals surface area contributed by atoms with E-state index in [-0.39, 0.29) is 19.8 Å². The first kappa shape index (κ1) is 36.3. The highest BCUT2D eigenvalue weighted by Crippen LogP contribution is 2.52. The number of para-hydroxylation sites is 2. The summed E-state index contributed by atoms with van der Waals surface area (Å²) >= 11 is 7.07. The number of nitrogens with one attached hydrogen (secondary N) is 1. The highest BCUT2D eigenvalue weighted by Gasteiger charge is 2.33. The van der Waals surface area contributed by atoms with Crippen molar-refractivity contribution >= 4 is 90.7 Å². The Labute approximate surface area is 330 Å². The molecule has 8 rings (SSSR count). The van der Waals surface area contributed by atoms with Crippen molar-refractivity contribution in [3.8, 4) is 11.1 Å². The number of hydrogen-bond acceptors (Lipinski definition) is 9. The minimum atomic E-state index is -0.552. The number of carbonyl (C=O) groups excluding carboxylic acids is 2. The van der Waals surface area contributed by atoms with Gasteiger partial charge in [-0.3, -0.25) is 0 Å². The van der Waals surface area contributed by atoms with Gasteiger partial charge in [-0.05, 0) is 66.1 Å². The van der Waals surface area contributed by atoms with Gasteiger partial charge in [-0.1, -0.05) is 109 Å². The Morgan fingerprint density at radius 2 is 1.63 bits per heavy atom. The molecule has 7 nitrogen and oxygen atoms in total. The number of carbonyl (C=O) groups is 2. The zero-order valence-corrected chi connectivity index (χ0v) is 32.8. The van der Waals surface area contributed by atoms with Crippen LogP contribution in [-0.2, 0) is 20.8 Å². The van der Waals surface area contributed by atoms with Crippen LogP contribution in [0.3, 0.4) is 0 Å². The first-order valence-corrected chi connectivity index (χ1v) is 21.1. The quantitative estimate of drug-likeness (QED) is 0.0535. The second-order valence-electron chi connectivity index (χ2n) is 13.1. The second kappa shape index (κ2) is 16.0. The second-order valence-corrected chi connectivity index (χ2v) is 17.5. The lowest BCUT2D eigenvalue weighted by molar-refractivity contribution is -0.137. The molecule has 0 fully saturated rings. The number of thioether (sulfide) groups is 1. The Morgan fingerprint density at radius 3 is 2.46 bits per heavy atom. The summed E-state index contributed by atoms with van der Waals surface area (Å²) in [7, 11) is 0. The third-order valence-electron chi connectivity index (χ3n) is 9.65. The number of nitrogens with zero attached hydrogens (tertiary/aromatic N) is 2. The van der Waals surface area contributed by atoms with Crippen LogP contribution in [0.25, 0.3) is 43.1 Å². The predicted molar refractivity (Wildman–Crippen MR) is 223 cm³/mol. The van der Waals surface area contributed by atoms with Crippen LogP contribution in [0.1, 0.15) is 13.3 Å². The summed E-state index contributed by atoms with van der Waals surface area (Å²) < 4.78 is 15.5. The molecule has 1 amide bonds. The topological polar surface area (TPSA) is 82.4 Å². The molecular weight excluding hydrogens is 751 g/mol. The standard InChI is InChI=1S/C43H37N3O4S4/c1-3-39(47)49-23-22-44-41(48)50-26-43(4-2,27-51-42-45-32-14-6-8-16-35(32)54-42)25-46-33-15-7-5-12-30(33)31-24-28(20-21-34(31)46)29-13-11-19-38-40(29)53-37-18-10-9-17-36(37)52-38/h3,5-21,24H,1,4,22-23,25-27H2,2H3,(H,44,48). The zero-order valence-electron chi connectivity index (χ0n) is 29.6. The Hall–Kier alpha value is -4.68. The van der Waals surface area contributed by atoms with Crippen molar-refractivity contribution in [1.82, 2.24) is 14.9 Å². The lowest BCUT2D eigenvalue weighted by Crippen LogP contribution is -2.38. The van der Waals surface area contributed by atoms with Gasteiger partial charge in [0.05, 0.1) is 16.8 Å². The molecular formula is C43H37N3O4S4. The highest BCUT2D eigenvalue weighted by molar-refractivity contribution is 8.05. The van der Waals surface area contributed by atoms with E-state index >= 15 is 0 Å².